The first-order valence-electron chi connectivity index (χ1n) is 9.06. The minimum Gasteiger partial charge on any atom is -0.495 e. The highest BCUT2D eigenvalue weighted by Gasteiger charge is 2.23. The van der Waals surface area contributed by atoms with Crippen molar-refractivity contribution in [2.45, 2.75) is 25.4 Å². The smallest absolute Gasteiger partial charge is 0.205 e. The third kappa shape index (κ3) is 4.15. The number of piperidine rings is 1. The van der Waals surface area contributed by atoms with Gasteiger partial charge in [0.2, 0.25) is 5.95 Å². The molecule has 3 aromatic rings. The number of methoxy groups -OCH3 is 1. The highest BCUT2D eigenvalue weighted by molar-refractivity contribution is 6.35. The molecule has 0 spiro atoms. The molecule has 0 bridgehead atoms. The molecule has 0 unspecified atom stereocenters. The van der Waals surface area contributed by atoms with Crippen molar-refractivity contribution in [2.75, 3.05) is 25.1 Å². The van der Waals surface area contributed by atoms with E-state index in [1.54, 1.807) is 19.2 Å². The molecule has 1 aromatic carbocycles. The lowest BCUT2D eigenvalue weighted by Crippen LogP contribution is -2.46. The molecule has 1 aliphatic heterocycles. The summed E-state index contributed by atoms with van der Waals surface area (Å²) in [6.07, 6.45) is 2.15. The predicted octanol–water partition coefficient (Wildman–Crippen LogP) is 4.69. The SMILES string of the molecule is COc1c(Cl)cc(Cl)cc1CN[C@H]1CCCN(c2nc3nc(Cl)ccc3[nH]2)C1. The number of aromatic amines is 1. The van der Waals surface area contributed by atoms with Gasteiger partial charge < -0.3 is 19.9 Å². The zero-order valence-corrected chi connectivity index (χ0v) is 17.6. The van der Waals surface area contributed by atoms with Gasteiger partial charge in [-0.1, -0.05) is 34.8 Å². The second kappa shape index (κ2) is 8.33. The number of benzene rings is 1. The molecular formula is C19H20Cl3N5O. The van der Waals surface area contributed by atoms with Crippen LogP contribution in [0.25, 0.3) is 11.2 Å². The van der Waals surface area contributed by atoms with E-state index in [9.17, 15) is 0 Å². The molecule has 0 radical (unpaired) electrons. The maximum atomic E-state index is 6.24. The molecule has 1 saturated heterocycles. The first-order valence-corrected chi connectivity index (χ1v) is 10.2. The normalized spacial score (nSPS) is 17.3. The number of hydrogen-bond donors (Lipinski definition) is 2. The number of imidazole rings is 1. The molecule has 1 fully saturated rings. The Balaban J connectivity index is 1.45. The van der Waals surface area contributed by atoms with Crippen molar-refractivity contribution in [3.8, 4) is 5.75 Å². The van der Waals surface area contributed by atoms with Crippen LogP contribution in [0.3, 0.4) is 0 Å². The van der Waals surface area contributed by atoms with Crippen LogP contribution in [-0.4, -0.2) is 41.2 Å². The zero-order chi connectivity index (χ0) is 19.7. The van der Waals surface area contributed by atoms with Gasteiger partial charge in [0.25, 0.3) is 0 Å². The first-order chi connectivity index (χ1) is 13.5. The number of H-pyrrole nitrogens is 1. The Bertz CT molecular complexity index is 993. The van der Waals surface area contributed by atoms with E-state index in [1.807, 2.05) is 12.1 Å². The fourth-order valence-corrected chi connectivity index (χ4v) is 4.33. The van der Waals surface area contributed by atoms with Crippen molar-refractivity contribution >= 4 is 51.9 Å². The van der Waals surface area contributed by atoms with Crippen molar-refractivity contribution in [3.63, 3.8) is 0 Å². The number of rotatable bonds is 5. The number of ether oxygens (including phenoxy) is 1. The Morgan fingerprint density at radius 3 is 2.93 bits per heavy atom. The molecule has 1 atom stereocenters. The number of halogens is 3. The Morgan fingerprint density at radius 2 is 2.11 bits per heavy atom. The number of nitrogens with zero attached hydrogens (tertiary/aromatic N) is 3. The quantitative estimate of drug-likeness (QED) is 0.564. The Labute approximate surface area is 178 Å². The summed E-state index contributed by atoms with van der Waals surface area (Å²) in [7, 11) is 1.61. The van der Waals surface area contributed by atoms with E-state index in [0.717, 1.165) is 43.0 Å². The van der Waals surface area contributed by atoms with Crippen molar-refractivity contribution in [3.05, 3.63) is 45.0 Å². The van der Waals surface area contributed by atoms with Gasteiger partial charge in [0.1, 0.15) is 10.9 Å². The second-order valence-corrected chi connectivity index (χ2v) is 8.04. The zero-order valence-electron chi connectivity index (χ0n) is 15.3. The average Bonchev–Trinajstić information content (AvgIpc) is 3.09. The average molecular weight is 441 g/mol. The molecule has 6 nitrogen and oxygen atoms in total. The third-order valence-electron chi connectivity index (χ3n) is 4.89. The van der Waals surface area contributed by atoms with Crippen LogP contribution in [-0.2, 0) is 6.54 Å². The Hall–Kier alpha value is -1.73. The summed E-state index contributed by atoms with van der Waals surface area (Å²) in [5, 5.41) is 5.15. The number of fused-ring (bicyclic) bond motifs is 1. The number of nitrogens with one attached hydrogen (secondary N) is 2. The fraction of sp³-hybridized carbons (Fsp3) is 0.368. The Morgan fingerprint density at radius 1 is 1.25 bits per heavy atom. The minimum absolute atomic E-state index is 0.306. The van der Waals surface area contributed by atoms with Crippen LogP contribution < -0.4 is 15.0 Å². The van der Waals surface area contributed by atoms with Gasteiger partial charge in [0, 0.05) is 36.3 Å². The number of hydrogen-bond acceptors (Lipinski definition) is 5. The standard InChI is InChI=1S/C19H20Cl3N5O/c1-28-17-11(7-12(20)8-14(17)21)9-23-13-3-2-6-27(10-13)19-24-15-4-5-16(22)25-18(15)26-19/h4-5,7-8,13,23H,2-3,6,9-10H2,1H3,(H,24,25,26)/t13-/m0/s1. The van der Waals surface area contributed by atoms with Gasteiger partial charge in [-0.25, -0.2) is 4.98 Å². The van der Waals surface area contributed by atoms with Crippen molar-refractivity contribution in [2.24, 2.45) is 0 Å². The van der Waals surface area contributed by atoms with E-state index in [0.29, 0.717) is 39.2 Å². The molecule has 2 N–H and O–H groups in total. The largest absolute Gasteiger partial charge is 0.495 e. The van der Waals surface area contributed by atoms with Crippen molar-refractivity contribution < 1.29 is 4.74 Å². The van der Waals surface area contributed by atoms with Gasteiger partial charge in [0.15, 0.2) is 5.65 Å². The fourth-order valence-electron chi connectivity index (χ4n) is 3.57. The highest BCUT2D eigenvalue weighted by atomic mass is 35.5. The molecule has 0 amide bonds. The van der Waals surface area contributed by atoms with Crippen LogP contribution >= 0.6 is 34.8 Å². The van der Waals surface area contributed by atoms with Gasteiger partial charge >= 0.3 is 0 Å². The lowest BCUT2D eigenvalue weighted by atomic mass is 10.1. The van der Waals surface area contributed by atoms with Crippen molar-refractivity contribution in [1.82, 2.24) is 20.3 Å². The molecule has 28 heavy (non-hydrogen) atoms. The van der Waals surface area contributed by atoms with Crippen LogP contribution in [0.5, 0.6) is 5.75 Å². The molecule has 4 rings (SSSR count). The van der Waals surface area contributed by atoms with E-state index >= 15 is 0 Å². The maximum absolute atomic E-state index is 6.24. The van der Waals surface area contributed by atoms with Gasteiger partial charge in [-0.3, -0.25) is 0 Å². The van der Waals surface area contributed by atoms with Crippen molar-refractivity contribution in [1.29, 1.82) is 0 Å². The topological polar surface area (TPSA) is 66.1 Å². The summed E-state index contributed by atoms with van der Waals surface area (Å²) in [5.41, 5.74) is 2.46. The molecule has 0 saturated carbocycles. The number of pyridine rings is 1. The maximum Gasteiger partial charge on any atom is 0.205 e. The Kier molecular flexibility index (Phi) is 5.83. The summed E-state index contributed by atoms with van der Waals surface area (Å²) in [4.78, 5) is 14.4. The molecule has 9 heteroatoms. The third-order valence-corrected chi connectivity index (χ3v) is 5.60. The van der Waals surface area contributed by atoms with E-state index < -0.39 is 0 Å². The lowest BCUT2D eigenvalue weighted by molar-refractivity contribution is 0.394. The van der Waals surface area contributed by atoms with E-state index in [1.165, 1.54) is 0 Å². The number of aromatic nitrogens is 3. The predicted molar refractivity (Wildman–Crippen MR) is 114 cm³/mol. The van der Waals surface area contributed by atoms with E-state index in [2.05, 4.69) is 25.2 Å². The van der Waals surface area contributed by atoms with Gasteiger partial charge in [-0.2, -0.15) is 4.98 Å². The number of anilines is 1. The second-order valence-electron chi connectivity index (χ2n) is 6.81. The van der Waals surface area contributed by atoms with E-state index in [4.69, 9.17) is 39.5 Å². The molecule has 1 aliphatic rings. The highest BCUT2D eigenvalue weighted by Crippen LogP contribution is 2.32. The van der Waals surface area contributed by atoms with E-state index in [-0.39, 0.29) is 0 Å². The molecule has 2 aromatic heterocycles. The summed E-state index contributed by atoms with van der Waals surface area (Å²) in [5.74, 6) is 1.48. The first kappa shape index (κ1) is 19.6. The minimum atomic E-state index is 0.306. The van der Waals surface area contributed by atoms with Crippen LogP contribution in [0.15, 0.2) is 24.3 Å². The molecule has 0 aliphatic carbocycles. The summed E-state index contributed by atoms with van der Waals surface area (Å²) >= 11 is 18.4. The van der Waals surface area contributed by atoms with Gasteiger partial charge in [-0.15, -0.1) is 0 Å². The van der Waals surface area contributed by atoms with Crippen LogP contribution in [0.1, 0.15) is 18.4 Å². The van der Waals surface area contributed by atoms with Gasteiger partial charge in [-0.05, 0) is 37.1 Å². The summed E-state index contributed by atoms with van der Waals surface area (Å²) < 4.78 is 5.43. The summed E-state index contributed by atoms with van der Waals surface area (Å²) in [6, 6.07) is 7.54. The molecule has 148 valence electrons. The van der Waals surface area contributed by atoms with Gasteiger partial charge in [0.05, 0.1) is 17.6 Å². The van der Waals surface area contributed by atoms with Crippen LogP contribution in [0.2, 0.25) is 15.2 Å². The summed E-state index contributed by atoms with van der Waals surface area (Å²) in [6.45, 7) is 2.40. The van der Waals surface area contributed by atoms with Crippen LogP contribution in [0, 0.1) is 0 Å². The monoisotopic (exact) mass is 439 g/mol. The molecular weight excluding hydrogens is 421 g/mol. The lowest BCUT2D eigenvalue weighted by Gasteiger charge is -2.33. The van der Waals surface area contributed by atoms with Crippen LogP contribution in [0.4, 0.5) is 5.95 Å². The molecule has 3 heterocycles.